The molecule has 9 rings (SSSR count). The molecule has 0 fully saturated rings. The number of benzene rings is 6. The molecular weight excluding hydrogens is 615 g/mol. The van der Waals surface area contributed by atoms with Crippen LogP contribution in [0.1, 0.15) is 38.8 Å². The minimum Gasteiger partial charge on any atom is -0.208 e. The van der Waals surface area contributed by atoms with E-state index in [-0.39, 0.29) is 10.8 Å². The largest absolute Gasteiger partial charge is 0.208 e. The van der Waals surface area contributed by atoms with Gasteiger partial charge in [-0.3, -0.25) is 0 Å². The van der Waals surface area contributed by atoms with E-state index in [0.29, 0.717) is 17.5 Å². The summed E-state index contributed by atoms with van der Waals surface area (Å²) in [6.07, 6.45) is 0. The highest BCUT2D eigenvalue weighted by Gasteiger charge is 2.46. The van der Waals surface area contributed by atoms with Crippen molar-refractivity contribution in [3.05, 3.63) is 151 Å². The highest BCUT2D eigenvalue weighted by atomic mass is 32.1. The highest BCUT2D eigenvalue weighted by Crippen LogP contribution is 2.57. The third kappa shape index (κ3) is 4.66. The molecule has 0 spiro atoms. The van der Waals surface area contributed by atoms with Crippen molar-refractivity contribution >= 4 is 31.5 Å². The molecule has 0 N–H and O–H groups in total. The number of nitrogens with zero attached hydrogens (tertiary/aromatic N) is 3. The molecule has 49 heavy (non-hydrogen) atoms. The first kappa shape index (κ1) is 29.7. The summed E-state index contributed by atoms with van der Waals surface area (Å²) >= 11 is 1.92. The lowest BCUT2D eigenvalue weighted by atomic mass is 9.55. The van der Waals surface area contributed by atoms with Gasteiger partial charge in [0.15, 0.2) is 17.5 Å². The molecule has 3 nitrogen and oxygen atoms in total. The van der Waals surface area contributed by atoms with Gasteiger partial charge in [0.05, 0.1) is 0 Å². The van der Waals surface area contributed by atoms with Crippen LogP contribution < -0.4 is 0 Å². The molecule has 0 radical (unpaired) electrons. The van der Waals surface area contributed by atoms with Crippen LogP contribution in [0.5, 0.6) is 0 Å². The molecule has 0 amide bonds. The maximum atomic E-state index is 5.00. The molecule has 0 bridgehead atoms. The molecule has 0 saturated carbocycles. The number of fused-ring (bicyclic) bond motifs is 7. The lowest BCUT2D eigenvalue weighted by molar-refractivity contribution is 0.299. The fourth-order valence-electron chi connectivity index (χ4n) is 7.48. The number of hydrogen-bond donors (Lipinski definition) is 0. The standard InChI is InChI=1S/C45H35N3S/c1-44(2)36-25-24-34-33-20-11-12-21-38(33)49-40(34)39(36)35-23-22-31(27-37(35)45(44,3)4)30-18-13-19-32(26-30)43-47-41(28-14-7-5-8-15-28)46-42(48-43)29-16-9-6-10-17-29/h5-27H,1-4H3. The number of thiophene rings is 1. The van der Waals surface area contributed by atoms with Crippen molar-refractivity contribution in [2.75, 3.05) is 0 Å². The molecule has 6 aromatic carbocycles. The van der Waals surface area contributed by atoms with E-state index < -0.39 is 0 Å². The Balaban J connectivity index is 1.20. The minimum absolute atomic E-state index is 0.0767. The molecular formula is C45H35N3S. The fraction of sp³-hybridized carbons (Fsp3) is 0.133. The summed E-state index contributed by atoms with van der Waals surface area (Å²) in [5.74, 6) is 1.99. The topological polar surface area (TPSA) is 38.7 Å². The van der Waals surface area contributed by atoms with E-state index >= 15 is 0 Å². The van der Waals surface area contributed by atoms with Crippen LogP contribution in [0.15, 0.2) is 140 Å². The average Bonchev–Trinajstić information content (AvgIpc) is 3.53. The lowest BCUT2D eigenvalue weighted by Crippen LogP contribution is -2.43. The maximum Gasteiger partial charge on any atom is 0.164 e. The van der Waals surface area contributed by atoms with Crippen LogP contribution in [-0.4, -0.2) is 15.0 Å². The van der Waals surface area contributed by atoms with Crippen LogP contribution in [0.25, 0.3) is 76.6 Å². The van der Waals surface area contributed by atoms with Gasteiger partial charge in [-0.05, 0) is 56.8 Å². The van der Waals surface area contributed by atoms with Gasteiger partial charge < -0.3 is 0 Å². The zero-order valence-electron chi connectivity index (χ0n) is 28.0. The van der Waals surface area contributed by atoms with Crippen molar-refractivity contribution in [2.45, 2.75) is 38.5 Å². The molecule has 2 heterocycles. The smallest absolute Gasteiger partial charge is 0.164 e. The Labute approximate surface area is 291 Å². The Bertz CT molecular complexity index is 2490. The maximum absolute atomic E-state index is 5.00. The summed E-state index contributed by atoms with van der Waals surface area (Å²) in [5.41, 5.74) is 10.6. The molecule has 1 aliphatic carbocycles. The predicted molar refractivity (Wildman–Crippen MR) is 206 cm³/mol. The third-order valence-electron chi connectivity index (χ3n) is 10.9. The molecule has 0 unspecified atom stereocenters. The molecule has 8 aromatic rings. The second-order valence-corrected chi connectivity index (χ2v) is 15.1. The van der Waals surface area contributed by atoms with Crippen molar-refractivity contribution in [3.8, 4) is 56.4 Å². The zero-order chi connectivity index (χ0) is 33.3. The number of rotatable bonds is 4. The highest BCUT2D eigenvalue weighted by molar-refractivity contribution is 7.26. The Morgan fingerprint density at radius 1 is 0.429 bits per heavy atom. The van der Waals surface area contributed by atoms with Gasteiger partial charge in [0, 0.05) is 42.4 Å². The van der Waals surface area contributed by atoms with Crippen molar-refractivity contribution in [1.82, 2.24) is 15.0 Å². The Morgan fingerprint density at radius 2 is 0.980 bits per heavy atom. The van der Waals surface area contributed by atoms with E-state index in [0.717, 1.165) is 22.3 Å². The van der Waals surface area contributed by atoms with Crippen molar-refractivity contribution in [2.24, 2.45) is 0 Å². The Kier molecular flexibility index (Phi) is 6.69. The van der Waals surface area contributed by atoms with Crippen LogP contribution >= 0.6 is 11.3 Å². The summed E-state index contributed by atoms with van der Waals surface area (Å²) in [7, 11) is 0. The van der Waals surface area contributed by atoms with E-state index in [2.05, 4.69) is 107 Å². The molecule has 236 valence electrons. The molecule has 0 atom stereocenters. The van der Waals surface area contributed by atoms with Crippen LogP contribution in [0, 0.1) is 0 Å². The van der Waals surface area contributed by atoms with Gasteiger partial charge in [-0.15, -0.1) is 11.3 Å². The van der Waals surface area contributed by atoms with Crippen LogP contribution in [0.4, 0.5) is 0 Å². The molecule has 2 aromatic heterocycles. The molecule has 0 saturated heterocycles. The fourth-order valence-corrected chi connectivity index (χ4v) is 8.75. The summed E-state index contributed by atoms with van der Waals surface area (Å²) < 4.78 is 2.73. The Morgan fingerprint density at radius 3 is 1.67 bits per heavy atom. The van der Waals surface area contributed by atoms with E-state index in [1.165, 1.54) is 48.0 Å². The molecule has 1 aliphatic rings. The van der Waals surface area contributed by atoms with E-state index in [4.69, 9.17) is 15.0 Å². The van der Waals surface area contributed by atoms with Gasteiger partial charge in [-0.25, -0.2) is 15.0 Å². The third-order valence-corrected chi connectivity index (χ3v) is 12.1. The minimum atomic E-state index is -0.101. The normalized spacial score (nSPS) is 14.4. The second-order valence-electron chi connectivity index (χ2n) is 14.1. The van der Waals surface area contributed by atoms with Gasteiger partial charge >= 0.3 is 0 Å². The van der Waals surface area contributed by atoms with Gasteiger partial charge in [0.2, 0.25) is 0 Å². The quantitative estimate of drug-likeness (QED) is 0.190. The van der Waals surface area contributed by atoms with Gasteiger partial charge in [0.1, 0.15) is 0 Å². The van der Waals surface area contributed by atoms with Crippen LogP contribution in [0.2, 0.25) is 0 Å². The van der Waals surface area contributed by atoms with E-state index in [1.54, 1.807) is 0 Å². The molecule has 0 aliphatic heterocycles. The van der Waals surface area contributed by atoms with Crippen molar-refractivity contribution < 1.29 is 0 Å². The van der Waals surface area contributed by atoms with Gasteiger partial charge in [0.25, 0.3) is 0 Å². The van der Waals surface area contributed by atoms with Gasteiger partial charge in [-0.1, -0.05) is 149 Å². The van der Waals surface area contributed by atoms with Crippen molar-refractivity contribution in [1.29, 1.82) is 0 Å². The van der Waals surface area contributed by atoms with E-state index in [1.807, 2.05) is 72.0 Å². The number of aromatic nitrogens is 3. The van der Waals surface area contributed by atoms with Crippen LogP contribution in [-0.2, 0) is 10.8 Å². The number of hydrogen-bond acceptors (Lipinski definition) is 4. The van der Waals surface area contributed by atoms with Crippen LogP contribution in [0.3, 0.4) is 0 Å². The second kappa shape index (κ2) is 11.0. The van der Waals surface area contributed by atoms with Crippen molar-refractivity contribution in [3.63, 3.8) is 0 Å². The summed E-state index contributed by atoms with van der Waals surface area (Å²) in [6, 6.07) is 49.5. The Hall–Kier alpha value is -5.45. The summed E-state index contributed by atoms with van der Waals surface area (Å²) in [5, 5.41) is 2.69. The predicted octanol–water partition coefficient (Wildman–Crippen LogP) is 12.1. The average molecular weight is 650 g/mol. The first-order valence-electron chi connectivity index (χ1n) is 16.9. The summed E-state index contributed by atoms with van der Waals surface area (Å²) in [4.78, 5) is 14.9. The van der Waals surface area contributed by atoms with Gasteiger partial charge in [-0.2, -0.15) is 0 Å². The monoisotopic (exact) mass is 649 g/mol. The SMILES string of the molecule is CC1(C)c2cc(-c3cccc(-c4nc(-c5ccccc5)nc(-c5ccccc5)n4)c3)ccc2-c2c(ccc3c2sc2ccccc23)C1(C)C. The van der Waals surface area contributed by atoms with E-state index in [9.17, 15) is 0 Å². The first-order valence-corrected chi connectivity index (χ1v) is 17.7. The summed E-state index contributed by atoms with van der Waals surface area (Å²) in [6.45, 7) is 9.64. The zero-order valence-corrected chi connectivity index (χ0v) is 28.8. The first-order chi connectivity index (χ1) is 23.8. The lowest BCUT2D eigenvalue weighted by Gasteiger charge is -2.48. The molecule has 4 heteroatoms.